The topological polar surface area (TPSA) is 71.1 Å². The molecular weight excluding hydrogens is 302 g/mol. The van der Waals surface area contributed by atoms with Gasteiger partial charge in [-0.3, -0.25) is 14.6 Å². The number of pyridine rings is 1. The van der Waals surface area contributed by atoms with Gasteiger partial charge in [0, 0.05) is 31.6 Å². The Labute approximate surface area is 141 Å². The minimum atomic E-state index is -0.159. The number of amides is 2. The van der Waals surface area contributed by atoms with E-state index in [1.54, 1.807) is 24.4 Å². The van der Waals surface area contributed by atoms with Gasteiger partial charge in [0.05, 0.1) is 5.56 Å². The van der Waals surface area contributed by atoms with Crippen molar-refractivity contribution in [2.45, 2.75) is 13.3 Å². The lowest BCUT2D eigenvalue weighted by atomic mass is 10.1. The average Bonchev–Trinajstić information content (AvgIpc) is 2.61. The molecule has 0 radical (unpaired) electrons. The maximum Gasteiger partial charge on any atom is 0.252 e. The number of carbonyl (C=O) groups is 2. The highest BCUT2D eigenvalue weighted by atomic mass is 16.2. The van der Waals surface area contributed by atoms with Crippen LogP contribution in [0, 0.1) is 6.92 Å². The first-order valence-electron chi connectivity index (χ1n) is 7.86. The highest BCUT2D eigenvalue weighted by Gasteiger charge is 2.03. The third-order valence-electron chi connectivity index (χ3n) is 3.37. The first-order chi connectivity index (χ1) is 11.6. The van der Waals surface area contributed by atoms with Crippen molar-refractivity contribution in [2.75, 3.05) is 13.1 Å². The predicted octanol–water partition coefficient (Wildman–Crippen LogP) is 2.34. The van der Waals surface area contributed by atoms with Crippen LogP contribution < -0.4 is 10.6 Å². The number of hydrogen-bond donors (Lipinski definition) is 2. The molecule has 0 unspecified atom stereocenters. The van der Waals surface area contributed by atoms with Gasteiger partial charge in [0.2, 0.25) is 5.91 Å². The molecule has 1 aromatic heterocycles. The van der Waals surface area contributed by atoms with Gasteiger partial charge >= 0.3 is 0 Å². The van der Waals surface area contributed by atoms with Gasteiger partial charge in [-0.05, 0) is 37.1 Å². The number of hydrogen-bond acceptors (Lipinski definition) is 3. The summed E-state index contributed by atoms with van der Waals surface area (Å²) in [4.78, 5) is 27.4. The molecule has 2 amide bonds. The molecule has 1 aromatic carbocycles. The summed E-state index contributed by atoms with van der Waals surface area (Å²) in [6, 6.07) is 11.4. The van der Waals surface area contributed by atoms with Crippen LogP contribution in [0.3, 0.4) is 0 Å². The highest BCUT2D eigenvalue weighted by molar-refractivity contribution is 5.93. The fourth-order valence-electron chi connectivity index (χ4n) is 2.01. The molecule has 0 aliphatic rings. The molecule has 0 aliphatic heterocycles. The Morgan fingerprint density at radius 3 is 2.54 bits per heavy atom. The van der Waals surface area contributed by atoms with Crippen molar-refractivity contribution in [3.63, 3.8) is 0 Å². The van der Waals surface area contributed by atoms with Crippen LogP contribution in [0.15, 0.2) is 54.9 Å². The molecule has 2 aromatic rings. The van der Waals surface area contributed by atoms with E-state index in [1.807, 2.05) is 31.2 Å². The summed E-state index contributed by atoms with van der Waals surface area (Å²) in [6.45, 7) is 3.02. The molecule has 0 bridgehead atoms. The summed E-state index contributed by atoms with van der Waals surface area (Å²) in [5, 5.41) is 5.58. The van der Waals surface area contributed by atoms with E-state index in [1.165, 1.54) is 17.8 Å². The van der Waals surface area contributed by atoms with Crippen molar-refractivity contribution in [1.82, 2.24) is 15.6 Å². The standard InChI is InChI=1S/C19H21N3O2/c1-15-5-7-16(8-6-15)9-10-18(23)21-12-3-13-22-19(24)17-4-2-11-20-14-17/h2,4-11,14H,3,12-13H2,1H3,(H,21,23)(H,22,24)/b10-9+. The van der Waals surface area contributed by atoms with Gasteiger partial charge in [0.1, 0.15) is 0 Å². The molecule has 5 nitrogen and oxygen atoms in total. The van der Waals surface area contributed by atoms with Crippen molar-refractivity contribution in [1.29, 1.82) is 0 Å². The van der Waals surface area contributed by atoms with Crippen LogP contribution >= 0.6 is 0 Å². The molecular formula is C19H21N3O2. The maximum atomic E-state index is 11.8. The van der Waals surface area contributed by atoms with Crippen molar-refractivity contribution in [2.24, 2.45) is 0 Å². The number of benzene rings is 1. The minimum absolute atomic E-state index is 0.144. The normalized spacial score (nSPS) is 10.5. The molecule has 0 atom stereocenters. The maximum absolute atomic E-state index is 11.8. The van der Waals surface area contributed by atoms with Crippen molar-refractivity contribution >= 4 is 17.9 Å². The van der Waals surface area contributed by atoms with Crippen molar-refractivity contribution in [3.8, 4) is 0 Å². The van der Waals surface area contributed by atoms with Gasteiger partial charge in [0.25, 0.3) is 5.91 Å². The lowest BCUT2D eigenvalue weighted by Crippen LogP contribution is -2.29. The number of aromatic nitrogens is 1. The molecule has 0 saturated carbocycles. The molecule has 0 spiro atoms. The Kier molecular flexibility index (Phi) is 6.71. The van der Waals surface area contributed by atoms with Crippen LogP contribution in [0.2, 0.25) is 0 Å². The molecule has 5 heteroatoms. The molecule has 2 N–H and O–H groups in total. The van der Waals surface area contributed by atoms with Crippen LogP contribution in [0.25, 0.3) is 6.08 Å². The van der Waals surface area contributed by atoms with E-state index in [-0.39, 0.29) is 11.8 Å². The Balaban J connectivity index is 1.62. The van der Waals surface area contributed by atoms with Gasteiger partial charge in [-0.25, -0.2) is 0 Å². The number of nitrogens with one attached hydrogen (secondary N) is 2. The summed E-state index contributed by atoms with van der Waals surface area (Å²) < 4.78 is 0. The third kappa shape index (κ3) is 6.04. The Bertz CT molecular complexity index is 694. The zero-order chi connectivity index (χ0) is 17.2. The van der Waals surface area contributed by atoms with Crippen molar-refractivity contribution < 1.29 is 9.59 Å². The molecule has 2 rings (SSSR count). The van der Waals surface area contributed by atoms with E-state index in [0.29, 0.717) is 25.1 Å². The number of rotatable bonds is 7. The first kappa shape index (κ1) is 17.4. The lowest BCUT2D eigenvalue weighted by molar-refractivity contribution is -0.116. The lowest BCUT2D eigenvalue weighted by Gasteiger charge is -2.05. The summed E-state index contributed by atoms with van der Waals surface area (Å²) in [5.41, 5.74) is 2.70. The Morgan fingerprint density at radius 2 is 1.83 bits per heavy atom. The van der Waals surface area contributed by atoms with Crippen LogP contribution in [-0.2, 0) is 4.79 Å². The summed E-state index contributed by atoms with van der Waals surface area (Å²) >= 11 is 0. The van der Waals surface area contributed by atoms with E-state index in [2.05, 4.69) is 15.6 Å². The molecule has 24 heavy (non-hydrogen) atoms. The van der Waals surface area contributed by atoms with Gasteiger partial charge in [-0.1, -0.05) is 29.8 Å². The van der Waals surface area contributed by atoms with Gasteiger partial charge in [0.15, 0.2) is 0 Å². The SMILES string of the molecule is Cc1ccc(/C=C/C(=O)NCCCNC(=O)c2cccnc2)cc1. The first-order valence-corrected chi connectivity index (χ1v) is 7.86. The number of aryl methyl sites for hydroxylation is 1. The number of carbonyl (C=O) groups excluding carboxylic acids is 2. The summed E-state index contributed by atoms with van der Waals surface area (Å²) in [6.07, 6.45) is 7.09. The molecule has 0 saturated heterocycles. The summed E-state index contributed by atoms with van der Waals surface area (Å²) in [7, 11) is 0. The van der Waals surface area contributed by atoms with E-state index in [4.69, 9.17) is 0 Å². The van der Waals surface area contributed by atoms with Crippen LogP contribution in [0.4, 0.5) is 0 Å². The minimum Gasteiger partial charge on any atom is -0.352 e. The van der Waals surface area contributed by atoms with E-state index < -0.39 is 0 Å². The average molecular weight is 323 g/mol. The predicted molar refractivity (Wildman–Crippen MR) is 94.4 cm³/mol. The van der Waals surface area contributed by atoms with Gasteiger partial charge in [-0.15, -0.1) is 0 Å². The Hall–Kier alpha value is -2.95. The van der Waals surface area contributed by atoms with Crippen molar-refractivity contribution in [3.05, 3.63) is 71.6 Å². The molecule has 0 aliphatic carbocycles. The highest BCUT2D eigenvalue weighted by Crippen LogP contribution is 2.04. The van der Waals surface area contributed by atoms with Gasteiger partial charge < -0.3 is 10.6 Å². The second-order valence-electron chi connectivity index (χ2n) is 5.39. The second-order valence-corrected chi connectivity index (χ2v) is 5.39. The second kappa shape index (κ2) is 9.25. The van der Waals surface area contributed by atoms with Gasteiger partial charge in [-0.2, -0.15) is 0 Å². The van der Waals surface area contributed by atoms with Crippen LogP contribution in [0.5, 0.6) is 0 Å². The largest absolute Gasteiger partial charge is 0.352 e. The van der Waals surface area contributed by atoms with E-state index in [9.17, 15) is 9.59 Å². The molecule has 1 heterocycles. The smallest absolute Gasteiger partial charge is 0.252 e. The molecule has 124 valence electrons. The van der Waals surface area contributed by atoms with Crippen LogP contribution in [-0.4, -0.2) is 29.9 Å². The zero-order valence-corrected chi connectivity index (χ0v) is 13.7. The van der Waals surface area contributed by atoms with Crippen LogP contribution in [0.1, 0.15) is 27.9 Å². The fraction of sp³-hybridized carbons (Fsp3) is 0.211. The monoisotopic (exact) mass is 323 g/mol. The van der Waals surface area contributed by atoms with E-state index >= 15 is 0 Å². The van der Waals surface area contributed by atoms with E-state index in [0.717, 1.165) is 5.56 Å². The zero-order valence-electron chi connectivity index (χ0n) is 13.7. The fourth-order valence-corrected chi connectivity index (χ4v) is 2.01. The Morgan fingerprint density at radius 1 is 1.08 bits per heavy atom. The number of nitrogens with zero attached hydrogens (tertiary/aromatic N) is 1. The quantitative estimate of drug-likeness (QED) is 0.607. The molecule has 0 fully saturated rings. The third-order valence-corrected chi connectivity index (χ3v) is 3.37. The summed E-state index contributed by atoms with van der Waals surface area (Å²) in [5.74, 6) is -0.303.